The van der Waals surface area contributed by atoms with E-state index in [-0.39, 0.29) is 24.3 Å². The summed E-state index contributed by atoms with van der Waals surface area (Å²) in [7, 11) is 1.48. The molecule has 1 N–H and O–H groups in total. The van der Waals surface area contributed by atoms with E-state index in [1.54, 1.807) is 0 Å². The van der Waals surface area contributed by atoms with Gasteiger partial charge in [0.05, 0.1) is 13.0 Å². The first kappa shape index (κ1) is 10.8. The minimum Gasteiger partial charge on any atom is -0.469 e. The lowest BCUT2D eigenvalue weighted by atomic mass is 9.65. The summed E-state index contributed by atoms with van der Waals surface area (Å²) >= 11 is 0. The molecule has 3 nitrogen and oxygen atoms in total. The molecule has 0 aromatic heterocycles. The molecule has 0 aromatic carbocycles. The van der Waals surface area contributed by atoms with Crippen LogP contribution in [-0.4, -0.2) is 26.2 Å². The number of halogens is 1. The number of rotatable bonds is 2. The van der Waals surface area contributed by atoms with Gasteiger partial charge in [0.25, 0.3) is 0 Å². The fourth-order valence-corrected chi connectivity index (χ4v) is 2.15. The Balaban J connectivity index is 0.000000845. The number of carbonyl (C=O) groups excluding carboxylic acids is 1. The van der Waals surface area contributed by atoms with Gasteiger partial charge in [-0.25, -0.2) is 0 Å². The van der Waals surface area contributed by atoms with Crippen LogP contribution in [0, 0.1) is 17.8 Å². The quantitative estimate of drug-likeness (QED) is 0.679. The predicted molar refractivity (Wildman–Crippen MR) is 51.8 cm³/mol. The van der Waals surface area contributed by atoms with Crippen LogP contribution in [0.4, 0.5) is 0 Å². The van der Waals surface area contributed by atoms with Crippen molar-refractivity contribution in [3.05, 3.63) is 0 Å². The summed E-state index contributed by atoms with van der Waals surface area (Å²) in [4.78, 5) is 11.2. The zero-order valence-electron chi connectivity index (χ0n) is 7.79. The SMILES string of the molecule is COC(=O)C1CCC1C1CNC1.Cl. The Morgan fingerprint density at radius 2 is 2.08 bits per heavy atom. The predicted octanol–water partition coefficient (Wildman–Crippen LogP) is 0.827. The second-order valence-electron chi connectivity index (χ2n) is 3.79. The van der Waals surface area contributed by atoms with Crippen molar-refractivity contribution in [2.75, 3.05) is 20.2 Å². The van der Waals surface area contributed by atoms with Crippen LogP contribution in [0.5, 0.6) is 0 Å². The van der Waals surface area contributed by atoms with Gasteiger partial charge in [-0.15, -0.1) is 12.4 Å². The van der Waals surface area contributed by atoms with Gasteiger partial charge >= 0.3 is 5.97 Å². The first-order valence-electron chi connectivity index (χ1n) is 4.61. The topological polar surface area (TPSA) is 38.3 Å². The molecule has 0 bridgehead atoms. The fraction of sp³-hybridized carbons (Fsp3) is 0.889. The van der Waals surface area contributed by atoms with Crippen molar-refractivity contribution in [1.82, 2.24) is 5.32 Å². The Labute approximate surface area is 84.6 Å². The normalized spacial score (nSPS) is 32.4. The first-order chi connectivity index (χ1) is 5.83. The van der Waals surface area contributed by atoms with E-state index in [1.807, 2.05) is 0 Å². The number of methoxy groups -OCH3 is 1. The second kappa shape index (κ2) is 4.29. The molecule has 2 fully saturated rings. The molecule has 2 unspecified atom stereocenters. The monoisotopic (exact) mass is 205 g/mol. The maximum absolute atomic E-state index is 11.2. The Bertz CT molecular complexity index is 194. The molecule has 1 saturated carbocycles. The number of carbonyl (C=O) groups is 1. The van der Waals surface area contributed by atoms with Crippen molar-refractivity contribution in [2.24, 2.45) is 17.8 Å². The van der Waals surface area contributed by atoms with E-state index in [0.717, 1.165) is 25.4 Å². The van der Waals surface area contributed by atoms with E-state index in [2.05, 4.69) is 5.32 Å². The molecule has 0 aromatic rings. The van der Waals surface area contributed by atoms with Crippen LogP contribution in [-0.2, 0) is 9.53 Å². The van der Waals surface area contributed by atoms with Crippen molar-refractivity contribution in [2.45, 2.75) is 12.8 Å². The third kappa shape index (κ3) is 1.81. The van der Waals surface area contributed by atoms with Gasteiger partial charge in [-0.2, -0.15) is 0 Å². The Hall–Kier alpha value is -0.280. The largest absolute Gasteiger partial charge is 0.469 e. The molecule has 2 atom stereocenters. The number of esters is 1. The molecule has 0 radical (unpaired) electrons. The summed E-state index contributed by atoms with van der Waals surface area (Å²) in [6.07, 6.45) is 2.25. The van der Waals surface area contributed by atoms with Crippen molar-refractivity contribution in [3.63, 3.8) is 0 Å². The van der Waals surface area contributed by atoms with E-state index in [1.165, 1.54) is 13.5 Å². The van der Waals surface area contributed by atoms with E-state index in [9.17, 15) is 4.79 Å². The molecule has 1 heterocycles. The zero-order chi connectivity index (χ0) is 8.55. The van der Waals surface area contributed by atoms with Crippen molar-refractivity contribution < 1.29 is 9.53 Å². The van der Waals surface area contributed by atoms with Gasteiger partial charge in [0, 0.05) is 0 Å². The maximum atomic E-state index is 11.2. The highest BCUT2D eigenvalue weighted by Gasteiger charge is 2.43. The molecule has 0 spiro atoms. The van der Waals surface area contributed by atoms with Crippen LogP contribution in [0.3, 0.4) is 0 Å². The second-order valence-corrected chi connectivity index (χ2v) is 3.79. The summed E-state index contributed by atoms with van der Waals surface area (Å²) in [5.41, 5.74) is 0. The lowest BCUT2D eigenvalue weighted by Gasteiger charge is -2.44. The summed E-state index contributed by atoms with van der Waals surface area (Å²) in [6, 6.07) is 0. The van der Waals surface area contributed by atoms with Crippen molar-refractivity contribution in [1.29, 1.82) is 0 Å². The highest BCUT2D eigenvalue weighted by molar-refractivity contribution is 5.85. The van der Waals surface area contributed by atoms with Gasteiger partial charge < -0.3 is 10.1 Å². The summed E-state index contributed by atoms with van der Waals surface area (Å²) in [5.74, 6) is 1.56. The molecule has 2 aliphatic rings. The maximum Gasteiger partial charge on any atom is 0.308 e. The summed E-state index contributed by atoms with van der Waals surface area (Å²) < 4.78 is 4.74. The van der Waals surface area contributed by atoms with E-state index < -0.39 is 0 Å². The molecule has 76 valence electrons. The zero-order valence-corrected chi connectivity index (χ0v) is 8.60. The molecular formula is C9H16ClNO2. The third-order valence-corrected chi connectivity index (χ3v) is 3.25. The standard InChI is InChI=1S/C9H15NO2.ClH/c1-12-9(11)8-3-2-7(8)6-4-10-5-6;/h6-8,10H,2-5H2,1H3;1H. The van der Waals surface area contributed by atoms with Gasteiger partial charge in [0.1, 0.15) is 0 Å². The number of hydrogen-bond donors (Lipinski definition) is 1. The van der Waals surface area contributed by atoms with Gasteiger partial charge in [-0.3, -0.25) is 4.79 Å². The fourth-order valence-electron chi connectivity index (χ4n) is 2.15. The highest BCUT2D eigenvalue weighted by atomic mass is 35.5. The van der Waals surface area contributed by atoms with Crippen LogP contribution >= 0.6 is 12.4 Å². The van der Waals surface area contributed by atoms with E-state index in [0.29, 0.717) is 5.92 Å². The minimum absolute atomic E-state index is 0. The Morgan fingerprint density at radius 3 is 2.38 bits per heavy atom. The third-order valence-electron chi connectivity index (χ3n) is 3.25. The summed E-state index contributed by atoms with van der Waals surface area (Å²) in [6.45, 7) is 2.19. The highest BCUT2D eigenvalue weighted by Crippen LogP contribution is 2.41. The number of ether oxygens (including phenoxy) is 1. The molecule has 4 heteroatoms. The number of nitrogens with one attached hydrogen (secondary N) is 1. The van der Waals surface area contributed by atoms with E-state index in [4.69, 9.17) is 4.74 Å². The molecule has 1 aliphatic carbocycles. The van der Waals surface area contributed by atoms with Gasteiger partial charge in [-0.05, 0) is 37.8 Å². The van der Waals surface area contributed by atoms with Crippen LogP contribution in [0.1, 0.15) is 12.8 Å². The molecular weight excluding hydrogens is 190 g/mol. The van der Waals surface area contributed by atoms with Gasteiger partial charge in [-0.1, -0.05) is 0 Å². The Morgan fingerprint density at radius 1 is 1.38 bits per heavy atom. The van der Waals surface area contributed by atoms with Crippen LogP contribution in [0.15, 0.2) is 0 Å². The molecule has 2 rings (SSSR count). The molecule has 13 heavy (non-hydrogen) atoms. The average molecular weight is 206 g/mol. The van der Waals surface area contributed by atoms with Crippen LogP contribution in [0.25, 0.3) is 0 Å². The van der Waals surface area contributed by atoms with Crippen molar-refractivity contribution in [3.8, 4) is 0 Å². The summed E-state index contributed by atoms with van der Waals surface area (Å²) in [5, 5.41) is 3.24. The molecule has 1 saturated heterocycles. The van der Waals surface area contributed by atoms with Crippen molar-refractivity contribution >= 4 is 18.4 Å². The smallest absolute Gasteiger partial charge is 0.308 e. The molecule has 0 amide bonds. The van der Waals surface area contributed by atoms with Gasteiger partial charge in [0.2, 0.25) is 0 Å². The molecule has 1 aliphatic heterocycles. The number of hydrogen-bond acceptors (Lipinski definition) is 3. The van der Waals surface area contributed by atoms with Crippen LogP contribution in [0.2, 0.25) is 0 Å². The lowest BCUT2D eigenvalue weighted by Crippen LogP contribution is -2.52. The Kier molecular flexibility index (Phi) is 3.56. The first-order valence-corrected chi connectivity index (χ1v) is 4.61. The lowest BCUT2D eigenvalue weighted by molar-refractivity contribution is -0.153. The van der Waals surface area contributed by atoms with Crippen LogP contribution < -0.4 is 5.32 Å². The average Bonchev–Trinajstić information content (AvgIpc) is 1.93. The van der Waals surface area contributed by atoms with E-state index >= 15 is 0 Å². The minimum atomic E-state index is -0.00171. The van der Waals surface area contributed by atoms with Gasteiger partial charge in [0.15, 0.2) is 0 Å².